The number of aliphatic carboxylic acids is 1. The van der Waals surface area contributed by atoms with Crippen molar-refractivity contribution in [2.24, 2.45) is 0 Å². The molecule has 0 bridgehead atoms. The SMILES string of the molecule is COc1cc(C2(C(=O)NCCCCC(=O)O)CCCC2)ccc1C. The number of benzene rings is 1. The molecule has 0 saturated heterocycles. The maximum Gasteiger partial charge on any atom is 0.303 e. The lowest BCUT2D eigenvalue weighted by molar-refractivity contribution is -0.137. The average Bonchev–Trinajstić information content (AvgIpc) is 3.05. The van der Waals surface area contributed by atoms with Crippen LogP contribution in [0.1, 0.15) is 56.1 Å². The molecule has 2 N–H and O–H groups in total. The smallest absolute Gasteiger partial charge is 0.303 e. The second kappa shape index (κ2) is 8.18. The van der Waals surface area contributed by atoms with E-state index in [9.17, 15) is 9.59 Å². The van der Waals surface area contributed by atoms with Crippen LogP contribution in [0.4, 0.5) is 0 Å². The molecule has 2 rings (SSSR count). The van der Waals surface area contributed by atoms with Crippen LogP contribution in [0.15, 0.2) is 18.2 Å². The third kappa shape index (κ3) is 4.08. The number of carboxylic acid groups (broad SMARTS) is 1. The van der Waals surface area contributed by atoms with Crippen LogP contribution in [-0.4, -0.2) is 30.6 Å². The van der Waals surface area contributed by atoms with E-state index in [0.29, 0.717) is 19.4 Å². The summed E-state index contributed by atoms with van der Waals surface area (Å²) >= 11 is 0. The Morgan fingerprint density at radius 2 is 1.96 bits per heavy atom. The van der Waals surface area contributed by atoms with E-state index in [1.807, 2.05) is 25.1 Å². The summed E-state index contributed by atoms with van der Waals surface area (Å²) in [5.74, 6) is 0.0783. The van der Waals surface area contributed by atoms with E-state index in [-0.39, 0.29) is 12.3 Å². The summed E-state index contributed by atoms with van der Waals surface area (Å²) in [6, 6.07) is 6.03. The van der Waals surface area contributed by atoms with Crippen molar-refractivity contribution in [1.82, 2.24) is 5.32 Å². The third-order valence-electron chi connectivity index (χ3n) is 4.96. The van der Waals surface area contributed by atoms with Crippen LogP contribution in [-0.2, 0) is 15.0 Å². The van der Waals surface area contributed by atoms with Gasteiger partial charge in [0, 0.05) is 13.0 Å². The van der Waals surface area contributed by atoms with Gasteiger partial charge in [-0.3, -0.25) is 9.59 Å². The number of carbonyl (C=O) groups is 2. The maximum atomic E-state index is 12.9. The van der Waals surface area contributed by atoms with Crippen molar-refractivity contribution in [3.63, 3.8) is 0 Å². The van der Waals surface area contributed by atoms with Gasteiger partial charge < -0.3 is 15.2 Å². The second-order valence-corrected chi connectivity index (χ2v) is 6.58. The standard InChI is InChI=1S/C19H27NO4/c1-14-8-9-15(13-16(14)24-2)19(10-4-5-11-19)18(23)20-12-6-3-7-17(21)22/h8-9,13H,3-7,10-12H2,1-2H3,(H,20,23)(H,21,22). The minimum absolute atomic E-state index is 0.0567. The molecule has 5 nitrogen and oxygen atoms in total. The van der Waals surface area contributed by atoms with Gasteiger partial charge in [-0.25, -0.2) is 0 Å². The van der Waals surface area contributed by atoms with Crippen LogP contribution >= 0.6 is 0 Å². The number of methoxy groups -OCH3 is 1. The first-order chi connectivity index (χ1) is 11.5. The molecule has 24 heavy (non-hydrogen) atoms. The van der Waals surface area contributed by atoms with Crippen molar-refractivity contribution < 1.29 is 19.4 Å². The van der Waals surface area contributed by atoms with E-state index >= 15 is 0 Å². The highest BCUT2D eigenvalue weighted by atomic mass is 16.5. The fourth-order valence-electron chi connectivity index (χ4n) is 3.52. The molecular formula is C19H27NO4. The first-order valence-corrected chi connectivity index (χ1v) is 8.65. The topological polar surface area (TPSA) is 75.6 Å². The van der Waals surface area contributed by atoms with Crippen LogP contribution < -0.4 is 10.1 Å². The van der Waals surface area contributed by atoms with Gasteiger partial charge in [-0.2, -0.15) is 0 Å². The molecule has 0 atom stereocenters. The zero-order valence-electron chi connectivity index (χ0n) is 14.6. The molecule has 132 valence electrons. The van der Waals surface area contributed by atoms with Crippen molar-refractivity contribution in [3.8, 4) is 5.75 Å². The van der Waals surface area contributed by atoms with Gasteiger partial charge in [0.25, 0.3) is 0 Å². The predicted octanol–water partition coefficient (Wildman–Crippen LogP) is 3.19. The summed E-state index contributed by atoms with van der Waals surface area (Å²) in [6.45, 7) is 2.52. The van der Waals surface area contributed by atoms with E-state index < -0.39 is 11.4 Å². The summed E-state index contributed by atoms with van der Waals surface area (Å²) in [5.41, 5.74) is 1.60. The minimum atomic E-state index is -0.791. The van der Waals surface area contributed by atoms with Crippen LogP contribution in [0.3, 0.4) is 0 Å². The molecular weight excluding hydrogens is 306 g/mol. The molecule has 1 amide bonds. The Labute approximate surface area is 143 Å². The number of rotatable bonds is 8. The van der Waals surface area contributed by atoms with Gasteiger partial charge in [0.2, 0.25) is 5.91 Å². The van der Waals surface area contributed by atoms with Gasteiger partial charge in [0.1, 0.15) is 5.75 Å². The highest BCUT2D eigenvalue weighted by Gasteiger charge is 2.42. The molecule has 0 aliphatic heterocycles. The Morgan fingerprint density at radius 3 is 2.58 bits per heavy atom. The van der Waals surface area contributed by atoms with Crippen molar-refractivity contribution in [2.75, 3.05) is 13.7 Å². The minimum Gasteiger partial charge on any atom is -0.496 e. The Kier molecular flexibility index (Phi) is 6.23. The van der Waals surface area contributed by atoms with Crippen molar-refractivity contribution in [3.05, 3.63) is 29.3 Å². The number of carbonyl (C=O) groups excluding carboxylic acids is 1. The molecule has 0 aromatic heterocycles. The van der Waals surface area contributed by atoms with Crippen LogP contribution in [0.5, 0.6) is 5.75 Å². The van der Waals surface area contributed by atoms with Gasteiger partial charge in [-0.05, 0) is 49.8 Å². The number of ether oxygens (including phenoxy) is 1. The quantitative estimate of drug-likeness (QED) is 0.716. The zero-order valence-corrected chi connectivity index (χ0v) is 14.6. The summed E-state index contributed by atoms with van der Waals surface area (Å²) in [4.78, 5) is 23.4. The molecule has 1 aliphatic carbocycles. The number of carboxylic acids is 1. The van der Waals surface area contributed by atoms with Gasteiger partial charge in [-0.15, -0.1) is 0 Å². The molecule has 0 unspecified atom stereocenters. The normalized spacial score (nSPS) is 15.9. The molecule has 1 aliphatic rings. The number of amides is 1. The molecule has 1 saturated carbocycles. The Morgan fingerprint density at radius 1 is 1.25 bits per heavy atom. The van der Waals surface area contributed by atoms with E-state index in [1.165, 1.54) is 0 Å². The maximum absolute atomic E-state index is 12.9. The highest BCUT2D eigenvalue weighted by Crippen LogP contribution is 2.42. The van der Waals surface area contributed by atoms with E-state index in [0.717, 1.165) is 42.6 Å². The number of aryl methyl sites for hydroxylation is 1. The molecule has 1 aromatic rings. The molecule has 1 fully saturated rings. The fourth-order valence-corrected chi connectivity index (χ4v) is 3.52. The van der Waals surface area contributed by atoms with Crippen LogP contribution in [0.25, 0.3) is 0 Å². The van der Waals surface area contributed by atoms with Gasteiger partial charge in [-0.1, -0.05) is 25.0 Å². The predicted molar refractivity (Wildman–Crippen MR) is 92.4 cm³/mol. The monoisotopic (exact) mass is 333 g/mol. The fraction of sp³-hybridized carbons (Fsp3) is 0.579. The number of unbranched alkanes of at least 4 members (excludes halogenated alkanes) is 1. The molecule has 5 heteroatoms. The Hall–Kier alpha value is -2.04. The summed E-state index contributed by atoms with van der Waals surface area (Å²) in [5, 5.41) is 11.7. The Bertz CT molecular complexity index is 591. The number of nitrogens with one attached hydrogen (secondary N) is 1. The largest absolute Gasteiger partial charge is 0.496 e. The van der Waals surface area contributed by atoms with Crippen molar-refractivity contribution in [1.29, 1.82) is 0 Å². The molecule has 0 heterocycles. The number of hydrogen-bond acceptors (Lipinski definition) is 3. The highest BCUT2D eigenvalue weighted by molar-refractivity contribution is 5.88. The van der Waals surface area contributed by atoms with Crippen LogP contribution in [0.2, 0.25) is 0 Å². The van der Waals surface area contributed by atoms with Crippen molar-refractivity contribution in [2.45, 2.75) is 57.3 Å². The average molecular weight is 333 g/mol. The summed E-state index contributed by atoms with van der Waals surface area (Å²) < 4.78 is 5.42. The molecule has 0 spiro atoms. The van der Waals surface area contributed by atoms with Crippen LogP contribution in [0, 0.1) is 6.92 Å². The molecule has 0 radical (unpaired) electrons. The molecule has 1 aromatic carbocycles. The Balaban J connectivity index is 2.07. The van der Waals surface area contributed by atoms with E-state index in [1.54, 1.807) is 7.11 Å². The first kappa shape index (κ1) is 18.3. The van der Waals surface area contributed by atoms with E-state index in [4.69, 9.17) is 9.84 Å². The lowest BCUT2D eigenvalue weighted by Crippen LogP contribution is -2.43. The zero-order chi connectivity index (χ0) is 17.6. The second-order valence-electron chi connectivity index (χ2n) is 6.58. The lowest BCUT2D eigenvalue weighted by atomic mass is 9.77. The van der Waals surface area contributed by atoms with Gasteiger partial charge in [0.05, 0.1) is 12.5 Å². The summed E-state index contributed by atoms with van der Waals surface area (Å²) in [6.07, 6.45) is 5.20. The third-order valence-corrected chi connectivity index (χ3v) is 4.96. The summed E-state index contributed by atoms with van der Waals surface area (Å²) in [7, 11) is 1.65. The lowest BCUT2D eigenvalue weighted by Gasteiger charge is -2.29. The van der Waals surface area contributed by atoms with Crippen molar-refractivity contribution >= 4 is 11.9 Å². The van der Waals surface area contributed by atoms with Gasteiger partial charge in [0.15, 0.2) is 0 Å². The van der Waals surface area contributed by atoms with Gasteiger partial charge >= 0.3 is 5.97 Å². The van der Waals surface area contributed by atoms with E-state index in [2.05, 4.69) is 5.32 Å². The first-order valence-electron chi connectivity index (χ1n) is 8.65. The number of hydrogen-bond donors (Lipinski definition) is 2.